The van der Waals surface area contributed by atoms with Crippen LogP contribution in [-0.4, -0.2) is 36.1 Å². The van der Waals surface area contributed by atoms with E-state index in [-0.39, 0.29) is 24.8 Å². The number of halogens is 2. The van der Waals surface area contributed by atoms with Crippen LogP contribution in [0, 0.1) is 12.8 Å². The van der Waals surface area contributed by atoms with E-state index in [1.807, 2.05) is 0 Å². The van der Waals surface area contributed by atoms with Crippen LogP contribution >= 0.6 is 24.8 Å². The third kappa shape index (κ3) is 5.57. The predicted molar refractivity (Wildman–Crippen MR) is 90.1 cm³/mol. The molecule has 1 aromatic rings. The first-order valence-electron chi connectivity index (χ1n) is 7.05. The normalized spacial score (nSPS) is 17.2. The van der Waals surface area contributed by atoms with Crippen molar-refractivity contribution in [2.45, 2.75) is 33.2 Å². The first-order valence-corrected chi connectivity index (χ1v) is 7.05. The second-order valence-corrected chi connectivity index (χ2v) is 5.64. The highest BCUT2D eigenvalue weighted by Crippen LogP contribution is 2.26. The van der Waals surface area contributed by atoms with Crippen molar-refractivity contribution in [2.24, 2.45) is 5.92 Å². The third-order valence-corrected chi connectivity index (χ3v) is 3.54. The summed E-state index contributed by atoms with van der Waals surface area (Å²) in [5, 5.41) is 3.42. The van der Waals surface area contributed by atoms with Crippen LogP contribution in [0.1, 0.15) is 37.7 Å². The van der Waals surface area contributed by atoms with Gasteiger partial charge in [0.25, 0.3) is 0 Å². The number of nitrogens with zero attached hydrogens (tertiary/aromatic N) is 2. The lowest BCUT2D eigenvalue weighted by Gasteiger charge is -2.35. The van der Waals surface area contributed by atoms with Gasteiger partial charge in [-0.1, -0.05) is 19.9 Å². The molecule has 3 nitrogen and oxygen atoms in total. The van der Waals surface area contributed by atoms with E-state index in [0.29, 0.717) is 12.0 Å². The zero-order valence-corrected chi connectivity index (χ0v) is 14.3. The Hall–Kier alpha value is -0.350. The molecule has 1 aliphatic rings. The van der Waals surface area contributed by atoms with Crippen LogP contribution in [0.15, 0.2) is 18.2 Å². The number of hydrogen-bond acceptors (Lipinski definition) is 3. The van der Waals surface area contributed by atoms with Crippen LogP contribution in [0.2, 0.25) is 0 Å². The lowest BCUT2D eigenvalue weighted by molar-refractivity contribution is 0.151. The molecular weight excluding hydrogens is 293 g/mol. The number of aromatic nitrogens is 1. The zero-order valence-electron chi connectivity index (χ0n) is 12.6. The van der Waals surface area contributed by atoms with Crippen LogP contribution in [0.3, 0.4) is 0 Å². The molecule has 1 atom stereocenters. The number of rotatable bonds is 4. The molecule has 1 fully saturated rings. The Morgan fingerprint density at radius 2 is 1.85 bits per heavy atom. The van der Waals surface area contributed by atoms with Crippen LogP contribution in [0.25, 0.3) is 0 Å². The van der Waals surface area contributed by atoms with Gasteiger partial charge in [-0.3, -0.25) is 9.88 Å². The SMILES string of the molecule is Cc1cccc([C@H](CC(C)C)N2CCNCC2)n1.Cl.Cl. The van der Waals surface area contributed by atoms with Gasteiger partial charge in [-0.15, -0.1) is 24.8 Å². The van der Waals surface area contributed by atoms with Gasteiger partial charge >= 0.3 is 0 Å². The van der Waals surface area contributed by atoms with Crippen LogP contribution in [-0.2, 0) is 0 Å². The number of piperazine rings is 1. The maximum Gasteiger partial charge on any atom is 0.0578 e. The molecule has 0 amide bonds. The van der Waals surface area contributed by atoms with E-state index in [0.717, 1.165) is 31.9 Å². The summed E-state index contributed by atoms with van der Waals surface area (Å²) >= 11 is 0. The first kappa shape index (κ1) is 19.7. The summed E-state index contributed by atoms with van der Waals surface area (Å²) in [5.74, 6) is 0.701. The second kappa shape index (κ2) is 9.56. The second-order valence-electron chi connectivity index (χ2n) is 5.64. The van der Waals surface area contributed by atoms with Crippen molar-refractivity contribution in [3.8, 4) is 0 Å². The van der Waals surface area contributed by atoms with E-state index in [1.54, 1.807) is 0 Å². The highest BCUT2D eigenvalue weighted by molar-refractivity contribution is 5.85. The molecule has 20 heavy (non-hydrogen) atoms. The molecule has 0 aromatic carbocycles. The highest BCUT2D eigenvalue weighted by Gasteiger charge is 2.23. The summed E-state index contributed by atoms with van der Waals surface area (Å²) in [6, 6.07) is 6.87. The average molecular weight is 320 g/mol. The van der Waals surface area contributed by atoms with Crippen molar-refractivity contribution < 1.29 is 0 Å². The molecule has 1 N–H and O–H groups in total. The van der Waals surface area contributed by atoms with Gasteiger partial charge in [-0.25, -0.2) is 0 Å². The molecule has 2 rings (SSSR count). The van der Waals surface area contributed by atoms with Gasteiger partial charge in [-0.2, -0.15) is 0 Å². The van der Waals surface area contributed by atoms with Gasteiger partial charge in [0.2, 0.25) is 0 Å². The predicted octanol–water partition coefficient (Wildman–Crippen LogP) is 3.23. The molecule has 2 heterocycles. The molecule has 0 radical (unpaired) electrons. The van der Waals surface area contributed by atoms with Crippen molar-refractivity contribution in [1.29, 1.82) is 0 Å². The van der Waals surface area contributed by atoms with Gasteiger partial charge < -0.3 is 5.32 Å². The Morgan fingerprint density at radius 1 is 1.20 bits per heavy atom. The van der Waals surface area contributed by atoms with Crippen molar-refractivity contribution in [2.75, 3.05) is 26.2 Å². The number of aryl methyl sites for hydroxylation is 1. The largest absolute Gasteiger partial charge is 0.314 e. The Kier molecular flexibility index (Phi) is 9.39. The summed E-state index contributed by atoms with van der Waals surface area (Å²) in [6.45, 7) is 11.1. The van der Waals surface area contributed by atoms with Gasteiger partial charge in [0, 0.05) is 31.9 Å². The standard InChI is InChI=1S/C15H25N3.2ClH/c1-12(2)11-15(18-9-7-16-8-10-18)14-6-4-5-13(3)17-14;;/h4-6,12,15-16H,7-11H2,1-3H3;2*1H/t15-;;/m0../s1. The third-order valence-electron chi connectivity index (χ3n) is 3.54. The quantitative estimate of drug-likeness (QED) is 0.923. The van der Waals surface area contributed by atoms with E-state index < -0.39 is 0 Å². The van der Waals surface area contributed by atoms with Gasteiger partial charge in [0.05, 0.1) is 11.7 Å². The minimum absolute atomic E-state index is 0. The van der Waals surface area contributed by atoms with Gasteiger partial charge in [-0.05, 0) is 31.4 Å². The Bertz CT molecular complexity index is 379. The zero-order chi connectivity index (χ0) is 13.0. The lowest BCUT2D eigenvalue weighted by atomic mass is 9.98. The molecular formula is C15H27Cl2N3. The number of hydrogen-bond donors (Lipinski definition) is 1. The van der Waals surface area contributed by atoms with Crippen LogP contribution in [0.4, 0.5) is 0 Å². The van der Waals surface area contributed by atoms with Crippen LogP contribution in [0.5, 0.6) is 0 Å². The maximum absolute atomic E-state index is 4.74. The summed E-state index contributed by atoms with van der Waals surface area (Å²) in [5.41, 5.74) is 2.36. The van der Waals surface area contributed by atoms with E-state index in [1.165, 1.54) is 12.1 Å². The topological polar surface area (TPSA) is 28.2 Å². The molecule has 0 spiro atoms. The number of nitrogens with one attached hydrogen (secondary N) is 1. The molecule has 1 aromatic heterocycles. The molecule has 116 valence electrons. The Morgan fingerprint density at radius 3 is 2.40 bits per heavy atom. The van der Waals surface area contributed by atoms with E-state index >= 15 is 0 Å². The van der Waals surface area contributed by atoms with Crippen molar-refractivity contribution in [3.63, 3.8) is 0 Å². The summed E-state index contributed by atoms with van der Waals surface area (Å²) in [4.78, 5) is 7.32. The molecule has 0 aliphatic carbocycles. The fourth-order valence-corrected chi connectivity index (χ4v) is 2.65. The molecule has 0 bridgehead atoms. The summed E-state index contributed by atoms with van der Waals surface area (Å²) in [7, 11) is 0. The Labute approximate surface area is 135 Å². The van der Waals surface area contributed by atoms with Crippen LogP contribution < -0.4 is 5.32 Å². The monoisotopic (exact) mass is 319 g/mol. The van der Waals surface area contributed by atoms with Crippen molar-refractivity contribution in [1.82, 2.24) is 15.2 Å². The molecule has 0 unspecified atom stereocenters. The highest BCUT2D eigenvalue weighted by atomic mass is 35.5. The van der Waals surface area contributed by atoms with Crippen molar-refractivity contribution in [3.05, 3.63) is 29.6 Å². The fraction of sp³-hybridized carbons (Fsp3) is 0.667. The maximum atomic E-state index is 4.74. The average Bonchev–Trinajstić information content (AvgIpc) is 2.37. The molecule has 5 heteroatoms. The first-order chi connectivity index (χ1) is 8.66. The molecule has 0 saturated carbocycles. The number of pyridine rings is 1. The van der Waals surface area contributed by atoms with Gasteiger partial charge in [0.1, 0.15) is 0 Å². The van der Waals surface area contributed by atoms with Gasteiger partial charge in [0.15, 0.2) is 0 Å². The fourth-order valence-electron chi connectivity index (χ4n) is 2.65. The molecule has 1 saturated heterocycles. The minimum atomic E-state index is 0. The summed E-state index contributed by atoms with van der Waals surface area (Å²) in [6.07, 6.45) is 1.19. The smallest absolute Gasteiger partial charge is 0.0578 e. The van der Waals surface area contributed by atoms with E-state index in [4.69, 9.17) is 4.98 Å². The summed E-state index contributed by atoms with van der Waals surface area (Å²) < 4.78 is 0. The Balaban J connectivity index is 0.00000180. The lowest BCUT2D eigenvalue weighted by Crippen LogP contribution is -2.45. The van der Waals surface area contributed by atoms with Crippen molar-refractivity contribution >= 4 is 24.8 Å². The molecule has 1 aliphatic heterocycles. The minimum Gasteiger partial charge on any atom is -0.314 e. The van der Waals surface area contributed by atoms with E-state index in [2.05, 4.69) is 49.2 Å². The van der Waals surface area contributed by atoms with E-state index in [9.17, 15) is 0 Å².